The molecule has 2 rings (SSSR count). The molecule has 2 aromatic rings. The number of carbonyl (C=O) groups excluding carboxylic acids is 1. The maximum Gasteiger partial charge on any atom is 0.533 e. The number of ketones is 1. The van der Waals surface area contributed by atoms with E-state index in [9.17, 15) is 27.9 Å². The molecular weight excluding hydrogens is 433 g/mol. The number of halogens is 3. The fourth-order valence-corrected chi connectivity index (χ4v) is 3.28. The van der Waals surface area contributed by atoms with Crippen LogP contribution in [0.2, 0.25) is 0 Å². The van der Waals surface area contributed by atoms with Gasteiger partial charge in [-0.2, -0.15) is 0 Å². The van der Waals surface area contributed by atoms with Crippen molar-refractivity contribution in [1.82, 2.24) is 0 Å². The summed E-state index contributed by atoms with van der Waals surface area (Å²) < 4.78 is 45.6. The van der Waals surface area contributed by atoms with Crippen LogP contribution in [0.4, 0.5) is 13.2 Å². The second-order valence-electron chi connectivity index (χ2n) is 7.54. The number of hydrogen-bond acceptors (Lipinski definition) is 5. The third-order valence-corrected chi connectivity index (χ3v) is 5.18. The van der Waals surface area contributed by atoms with Gasteiger partial charge >= 0.3 is 12.3 Å². The van der Waals surface area contributed by atoms with Gasteiger partial charge in [0.15, 0.2) is 11.4 Å². The zero-order valence-corrected chi connectivity index (χ0v) is 18.3. The topological polar surface area (TPSA) is 72.8 Å². The van der Waals surface area contributed by atoms with Crippen molar-refractivity contribution in [1.29, 1.82) is 0 Å². The monoisotopic (exact) mass is 456 g/mol. The minimum atomic E-state index is -4.74. The molecule has 0 fully saturated rings. The van der Waals surface area contributed by atoms with Crippen LogP contribution in [0.15, 0.2) is 41.3 Å². The Hall–Kier alpha value is -2.52. The summed E-state index contributed by atoms with van der Waals surface area (Å²) in [4.78, 5) is 24.0. The minimum absolute atomic E-state index is 0.143. The Morgan fingerprint density at radius 2 is 1.58 bits per heavy atom. The van der Waals surface area contributed by atoms with Gasteiger partial charge in [0.05, 0.1) is 0 Å². The van der Waals surface area contributed by atoms with E-state index in [1.165, 1.54) is 38.1 Å². The van der Waals surface area contributed by atoms with Crippen LogP contribution in [0.1, 0.15) is 47.3 Å². The van der Waals surface area contributed by atoms with E-state index in [4.69, 9.17) is 4.74 Å². The van der Waals surface area contributed by atoms with Crippen molar-refractivity contribution >= 4 is 23.8 Å². The summed E-state index contributed by atoms with van der Waals surface area (Å²) in [6.45, 7) is 6.57. The van der Waals surface area contributed by atoms with Crippen LogP contribution in [0, 0.1) is 13.8 Å². The summed E-state index contributed by atoms with van der Waals surface area (Å²) in [6.07, 6.45) is -4.07. The third-order valence-electron chi connectivity index (χ3n) is 4.44. The highest BCUT2D eigenvalue weighted by atomic mass is 32.2. The molecule has 0 aliphatic carbocycles. The highest BCUT2D eigenvalue weighted by Crippen LogP contribution is 2.30. The number of carboxylic acids is 1. The molecule has 0 aromatic heterocycles. The Balaban J connectivity index is 2.01. The molecule has 0 amide bonds. The number of carboxylic acid groups (broad SMARTS) is 1. The molecule has 1 N–H and O–H groups in total. The van der Waals surface area contributed by atoms with E-state index in [-0.39, 0.29) is 29.1 Å². The molecule has 0 saturated heterocycles. The molecule has 0 saturated carbocycles. The maximum absolute atomic E-state index is 12.4. The lowest BCUT2D eigenvalue weighted by Gasteiger charge is -2.24. The van der Waals surface area contributed by atoms with E-state index in [2.05, 4.69) is 4.18 Å². The Bertz CT molecular complexity index is 930. The summed E-state index contributed by atoms with van der Waals surface area (Å²) in [5.41, 5.74) is 1.45. The standard InChI is InChI=1S/C22H23F3O5S/c1-13-11-15(12-14(2)19(13)29-21(3,4)20(27)28)5-10-18(26)16-6-8-17(9-7-16)31-30-22(23,24)25/h6-9,11-12H,5,10H2,1-4H3,(H,27,28). The smallest absolute Gasteiger partial charge is 0.478 e. The molecule has 0 aliphatic heterocycles. The van der Waals surface area contributed by atoms with Gasteiger partial charge in [0.25, 0.3) is 0 Å². The van der Waals surface area contributed by atoms with Crippen molar-refractivity contribution in [3.8, 4) is 5.75 Å². The SMILES string of the molecule is Cc1cc(CCC(=O)c2ccc(SOC(F)(F)F)cc2)cc(C)c1OC(C)(C)C(=O)O. The summed E-state index contributed by atoms with van der Waals surface area (Å²) in [6, 6.07) is 9.42. The van der Waals surface area contributed by atoms with Crippen LogP contribution >= 0.6 is 12.0 Å². The quantitative estimate of drug-likeness (QED) is 0.374. The zero-order valence-electron chi connectivity index (χ0n) is 17.5. The van der Waals surface area contributed by atoms with Crippen LogP contribution in [0.3, 0.4) is 0 Å². The largest absolute Gasteiger partial charge is 0.533 e. The maximum atomic E-state index is 12.4. The second kappa shape index (κ2) is 9.74. The first-order valence-electron chi connectivity index (χ1n) is 9.37. The van der Waals surface area contributed by atoms with Gasteiger partial charge < -0.3 is 9.84 Å². The van der Waals surface area contributed by atoms with Gasteiger partial charge in [0, 0.05) is 28.9 Å². The molecule has 5 nitrogen and oxygen atoms in total. The molecule has 0 radical (unpaired) electrons. The molecule has 2 aromatic carbocycles. The second-order valence-corrected chi connectivity index (χ2v) is 8.34. The van der Waals surface area contributed by atoms with E-state index in [0.29, 0.717) is 17.7 Å². The van der Waals surface area contributed by atoms with Crippen LogP contribution in [0.25, 0.3) is 0 Å². The highest BCUT2D eigenvalue weighted by molar-refractivity contribution is 7.94. The lowest BCUT2D eigenvalue weighted by molar-refractivity contribution is -0.266. The van der Waals surface area contributed by atoms with E-state index in [1.807, 2.05) is 26.0 Å². The van der Waals surface area contributed by atoms with Gasteiger partial charge in [0.2, 0.25) is 0 Å². The van der Waals surface area contributed by atoms with Crippen molar-refractivity contribution in [2.24, 2.45) is 0 Å². The normalized spacial score (nSPS) is 12.0. The Kier molecular flexibility index (Phi) is 7.77. The predicted octanol–water partition coefficient (Wildman–Crippen LogP) is 5.90. The molecular formula is C22H23F3O5S. The lowest BCUT2D eigenvalue weighted by Crippen LogP contribution is -2.38. The highest BCUT2D eigenvalue weighted by Gasteiger charge is 2.31. The summed E-state index contributed by atoms with van der Waals surface area (Å²) >= 11 is 0.183. The number of aliphatic carboxylic acids is 1. The lowest BCUT2D eigenvalue weighted by atomic mass is 9.98. The first-order valence-corrected chi connectivity index (χ1v) is 10.1. The van der Waals surface area contributed by atoms with Crippen molar-refractivity contribution in [3.63, 3.8) is 0 Å². The van der Waals surface area contributed by atoms with Gasteiger partial charge in [-0.3, -0.25) is 4.79 Å². The van der Waals surface area contributed by atoms with Crippen LogP contribution in [0.5, 0.6) is 5.75 Å². The Morgan fingerprint density at radius 1 is 1.03 bits per heavy atom. The molecule has 0 bridgehead atoms. The van der Waals surface area contributed by atoms with Gasteiger partial charge in [-0.25, -0.2) is 8.98 Å². The molecule has 0 atom stereocenters. The molecule has 0 heterocycles. The van der Waals surface area contributed by atoms with Crippen LogP contribution in [-0.2, 0) is 15.4 Å². The van der Waals surface area contributed by atoms with Crippen LogP contribution in [-0.4, -0.2) is 28.8 Å². The molecule has 31 heavy (non-hydrogen) atoms. The number of carbonyl (C=O) groups is 2. The minimum Gasteiger partial charge on any atom is -0.478 e. The van der Waals surface area contributed by atoms with Gasteiger partial charge in [-0.15, -0.1) is 13.2 Å². The summed E-state index contributed by atoms with van der Waals surface area (Å²) in [5.74, 6) is -0.720. The number of aryl methyl sites for hydroxylation is 3. The van der Waals surface area contributed by atoms with E-state index in [1.54, 1.807) is 0 Å². The first-order chi connectivity index (χ1) is 14.3. The van der Waals surface area contributed by atoms with E-state index < -0.39 is 17.9 Å². The molecule has 0 unspecified atom stereocenters. The van der Waals surface area contributed by atoms with Gasteiger partial charge in [-0.05, 0) is 62.9 Å². The van der Waals surface area contributed by atoms with E-state index >= 15 is 0 Å². The molecule has 168 valence electrons. The fraction of sp³-hybridized carbons (Fsp3) is 0.364. The van der Waals surface area contributed by atoms with Crippen molar-refractivity contribution in [3.05, 3.63) is 58.7 Å². The fourth-order valence-electron chi connectivity index (χ4n) is 2.84. The third kappa shape index (κ3) is 7.29. The summed E-state index contributed by atoms with van der Waals surface area (Å²) in [5, 5.41) is 9.25. The van der Waals surface area contributed by atoms with Gasteiger partial charge in [-0.1, -0.05) is 24.3 Å². The Labute approximate surface area is 182 Å². The number of rotatable bonds is 9. The number of ether oxygens (including phenoxy) is 1. The van der Waals surface area contributed by atoms with E-state index in [0.717, 1.165) is 16.7 Å². The number of Topliss-reactive ketones (excluding diaryl/α,β-unsaturated/α-hetero) is 1. The first kappa shape index (κ1) is 24.7. The average Bonchev–Trinajstić information content (AvgIpc) is 2.67. The Morgan fingerprint density at radius 3 is 2.06 bits per heavy atom. The summed E-state index contributed by atoms with van der Waals surface area (Å²) in [7, 11) is 0. The van der Waals surface area contributed by atoms with Crippen molar-refractivity contribution in [2.75, 3.05) is 0 Å². The number of hydrogen-bond donors (Lipinski definition) is 1. The zero-order chi connectivity index (χ0) is 23.4. The molecule has 0 aliphatic rings. The van der Waals surface area contributed by atoms with Crippen LogP contribution < -0.4 is 4.74 Å². The van der Waals surface area contributed by atoms with Crippen molar-refractivity contribution < 1.29 is 36.8 Å². The van der Waals surface area contributed by atoms with Crippen molar-refractivity contribution in [2.45, 2.75) is 57.4 Å². The average molecular weight is 456 g/mol. The number of alkyl halides is 3. The molecule has 9 heteroatoms. The van der Waals surface area contributed by atoms with Gasteiger partial charge in [0.1, 0.15) is 5.75 Å². The number of benzene rings is 2. The predicted molar refractivity (Wildman–Crippen MR) is 110 cm³/mol. The molecule has 0 spiro atoms.